The molecule has 1 atom stereocenters. The molecule has 1 aromatic carbocycles. The molecule has 0 saturated heterocycles. The molecule has 0 radical (unpaired) electrons. The molecule has 0 aromatic heterocycles. The van der Waals surface area contributed by atoms with Gasteiger partial charge in [-0.05, 0) is 19.4 Å². The Kier molecular flexibility index (Phi) is 4.38. The summed E-state index contributed by atoms with van der Waals surface area (Å²) in [4.78, 5) is 11.6. The fourth-order valence-electron chi connectivity index (χ4n) is 1.11. The summed E-state index contributed by atoms with van der Waals surface area (Å²) in [5.74, 6) is -0.427. The summed E-state index contributed by atoms with van der Waals surface area (Å²) in [6.07, 6.45) is 0. The van der Waals surface area contributed by atoms with E-state index in [2.05, 4.69) is 12.6 Å². The lowest BCUT2D eigenvalue weighted by molar-refractivity contribution is -0.147. The standard InChI is InChI=1S/C12H17NO2S/c1-12(2,16)10(13)11(14)15-8-9-6-4-3-5-7-9/h3-7,10,16H,8,13H2,1-2H3/t10-/m1/s1. The van der Waals surface area contributed by atoms with E-state index >= 15 is 0 Å². The smallest absolute Gasteiger partial charge is 0.324 e. The molecule has 0 aliphatic carbocycles. The highest BCUT2D eigenvalue weighted by Gasteiger charge is 2.29. The third kappa shape index (κ3) is 3.87. The number of hydrogen-bond donors (Lipinski definition) is 2. The van der Waals surface area contributed by atoms with Crippen LogP contribution >= 0.6 is 12.6 Å². The van der Waals surface area contributed by atoms with Gasteiger partial charge in [0.25, 0.3) is 0 Å². The highest BCUT2D eigenvalue weighted by molar-refractivity contribution is 7.81. The summed E-state index contributed by atoms with van der Waals surface area (Å²) in [6.45, 7) is 3.81. The highest BCUT2D eigenvalue weighted by Crippen LogP contribution is 2.17. The largest absolute Gasteiger partial charge is 0.460 e. The number of thiol groups is 1. The monoisotopic (exact) mass is 239 g/mol. The quantitative estimate of drug-likeness (QED) is 0.622. The lowest BCUT2D eigenvalue weighted by Crippen LogP contribution is -2.46. The zero-order valence-electron chi connectivity index (χ0n) is 9.51. The van der Waals surface area contributed by atoms with Gasteiger partial charge < -0.3 is 10.5 Å². The first-order chi connectivity index (χ1) is 7.41. The molecule has 4 heteroatoms. The van der Waals surface area contributed by atoms with E-state index in [-0.39, 0.29) is 6.61 Å². The minimum atomic E-state index is -0.723. The first-order valence-corrected chi connectivity index (χ1v) is 5.54. The molecule has 0 saturated carbocycles. The van der Waals surface area contributed by atoms with Gasteiger partial charge in [-0.1, -0.05) is 30.3 Å². The van der Waals surface area contributed by atoms with Crippen molar-refractivity contribution in [2.24, 2.45) is 5.73 Å². The number of rotatable bonds is 4. The van der Waals surface area contributed by atoms with E-state index in [0.29, 0.717) is 0 Å². The normalized spacial score (nSPS) is 13.2. The Hall–Kier alpha value is -1.00. The van der Waals surface area contributed by atoms with E-state index in [9.17, 15) is 4.79 Å². The van der Waals surface area contributed by atoms with Gasteiger partial charge in [0.2, 0.25) is 0 Å². The highest BCUT2D eigenvalue weighted by atomic mass is 32.1. The van der Waals surface area contributed by atoms with Crippen molar-refractivity contribution in [2.75, 3.05) is 0 Å². The van der Waals surface area contributed by atoms with Crippen LogP contribution in [-0.2, 0) is 16.1 Å². The predicted molar refractivity (Wildman–Crippen MR) is 67.3 cm³/mol. The second-order valence-electron chi connectivity index (χ2n) is 4.22. The zero-order chi connectivity index (χ0) is 12.2. The molecule has 0 aliphatic rings. The van der Waals surface area contributed by atoms with Crippen LogP contribution in [0.2, 0.25) is 0 Å². The third-order valence-electron chi connectivity index (χ3n) is 2.24. The molecule has 2 N–H and O–H groups in total. The van der Waals surface area contributed by atoms with Crippen LogP contribution in [0.1, 0.15) is 19.4 Å². The van der Waals surface area contributed by atoms with Gasteiger partial charge in [-0.15, -0.1) is 0 Å². The van der Waals surface area contributed by atoms with Gasteiger partial charge in [-0.25, -0.2) is 0 Å². The number of nitrogens with two attached hydrogens (primary N) is 1. The van der Waals surface area contributed by atoms with Crippen LogP contribution in [0.3, 0.4) is 0 Å². The van der Waals surface area contributed by atoms with Crippen LogP contribution in [0.25, 0.3) is 0 Å². The number of esters is 1. The molecule has 0 unspecified atom stereocenters. The summed E-state index contributed by atoms with van der Waals surface area (Å²) >= 11 is 4.24. The van der Waals surface area contributed by atoms with E-state index in [1.807, 2.05) is 30.3 Å². The van der Waals surface area contributed by atoms with Gasteiger partial charge in [-0.3, -0.25) is 4.79 Å². The SMILES string of the molecule is CC(C)(S)[C@H](N)C(=O)OCc1ccccc1. The Morgan fingerprint density at radius 1 is 1.44 bits per heavy atom. The molecule has 16 heavy (non-hydrogen) atoms. The minimum absolute atomic E-state index is 0.247. The van der Waals surface area contributed by atoms with Gasteiger partial charge in [0.15, 0.2) is 0 Å². The molecule has 1 aromatic rings. The van der Waals surface area contributed by atoms with Crippen molar-refractivity contribution < 1.29 is 9.53 Å². The minimum Gasteiger partial charge on any atom is -0.460 e. The average Bonchev–Trinajstić information content (AvgIpc) is 2.25. The maximum absolute atomic E-state index is 11.6. The Morgan fingerprint density at radius 2 is 2.00 bits per heavy atom. The van der Waals surface area contributed by atoms with Crippen molar-refractivity contribution in [3.05, 3.63) is 35.9 Å². The molecule has 1 rings (SSSR count). The van der Waals surface area contributed by atoms with Crippen molar-refractivity contribution in [1.82, 2.24) is 0 Å². The first kappa shape index (κ1) is 13.1. The van der Waals surface area contributed by atoms with Gasteiger partial charge in [0.1, 0.15) is 12.6 Å². The van der Waals surface area contributed by atoms with Crippen LogP contribution in [0, 0.1) is 0 Å². The zero-order valence-corrected chi connectivity index (χ0v) is 10.4. The fraction of sp³-hybridized carbons (Fsp3) is 0.417. The molecule has 0 bridgehead atoms. The van der Waals surface area contributed by atoms with Crippen molar-refractivity contribution in [3.63, 3.8) is 0 Å². The lowest BCUT2D eigenvalue weighted by Gasteiger charge is -2.24. The maximum atomic E-state index is 11.6. The number of carbonyl (C=O) groups is 1. The molecule has 3 nitrogen and oxygen atoms in total. The van der Waals surface area contributed by atoms with E-state index in [4.69, 9.17) is 10.5 Å². The Balaban J connectivity index is 2.48. The molecule has 0 heterocycles. The summed E-state index contributed by atoms with van der Waals surface area (Å²) < 4.78 is 4.53. The van der Waals surface area contributed by atoms with Crippen molar-refractivity contribution in [3.8, 4) is 0 Å². The Labute approximate surface area is 101 Å². The molecule has 0 aliphatic heterocycles. The molecular formula is C12H17NO2S. The lowest BCUT2D eigenvalue weighted by atomic mass is 10.0. The fourth-order valence-corrected chi connectivity index (χ4v) is 1.21. The second-order valence-corrected chi connectivity index (χ2v) is 5.38. The summed E-state index contributed by atoms with van der Waals surface area (Å²) in [5, 5.41) is 0. The molecular weight excluding hydrogens is 222 g/mol. The average molecular weight is 239 g/mol. The van der Waals surface area contributed by atoms with E-state index in [1.54, 1.807) is 13.8 Å². The maximum Gasteiger partial charge on any atom is 0.324 e. The number of ether oxygens (including phenoxy) is 1. The van der Waals surface area contributed by atoms with Crippen LogP contribution in [-0.4, -0.2) is 16.8 Å². The van der Waals surface area contributed by atoms with Gasteiger partial charge >= 0.3 is 5.97 Å². The summed E-state index contributed by atoms with van der Waals surface area (Å²) in [6, 6.07) is 8.76. The van der Waals surface area contributed by atoms with Crippen molar-refractivity contribution in [1.29, 1.82) is 0 Å². The van der Waals surface area contributed by atoms with Crippen LogP contribution in [0.4, 0.5) is 0 Å². The van der Waals surface area contributed by atoms with Crippen molar-refractivity contribution in [2.45, 2.75) is 31.2 Å². The molecule has 0 spiro atoms. The molecule has 0 amide bonds. The molecule has 88 valence electrons. The first-order valence-electron chi connectivity index (χ1n) is 5.10. The number of carbonyl (C=O) groups excluding carboxylic acids is 1. The van der Waals surface area contributed by atoms with Gasteiger partial charge in [-0.2, -0.15) is 12.6 Å². The third-order valence-corrected chi connectivity index (χ3v) is 2.52. The summed E-state index contributed by atoms with van der Waals surface area (Å²) in [7, 11) is 0. The number of benzene rings is 1. The van der Waals surface area contributed by atoms with Crippen LogP contribution in [0.15, 0.2) is 30.3 Å². The topological polar surface area (TPSA) is 52.3 Å². The van der Waals surface area contributed by atoms with Crippen molar-refractivity contribution >= 4 is 18.6 Å². The van der Waals surface area contributed by atoms with Gasteiger partial charge in [0, 0.05) is 4.75 Å². The van der Waals surface area contributed by atoms with E-state index in [1.165, 1.54) is 0 Å². The van der Waals surface area contributed by atoms with E-state index in [0.717, 1.165) is 5.56 Å². The van der Waals surface area contributed by atoms with Crippen LogP contribution < -0.4 is 5.73 Å². The van der Waals surface area contributed by atoms with Gasteiger partial charge in [0.05, 0.1) is 0 Å². The van der Waals surface area contributed by atoms with Crippen LogP contribution in [0.5, 0.6) is 0 Å². The predicted octanol–water partition coefficient (Wildman–Crippen LogP) is 1.77. The van der Waals surface area contributed by atoms with E-state index < -0.39 is 16.8 Å². The Bertz CT molecular complexity index is 346. The summed E-state index contributed by atoms with van der Waals surface area (Å²) in [5.41, 5.74) is 6.65. The Morgan fingerprint density at radius 3 is 2.50 bits per heavy atom. The molecule has 0 fully saturated rings. The second kappa shape index (κ2) is 5.37. The number of hydrogen-bond acceptors (Lipinski definition) is 4.